The van der Waals surface area contributed by atoms with Crippen molar-refractivity contribution in [2.75, 3.05) is 45.8 Å². The average Bonchev–Trinajstić information content (AvgIpc) is 2.89. The van der Waals surface area contributed by atoms with Gasteiger partial charge < -0.3 is 35.6 Å². The Morgan fingerprint density at radius 1 is 1.14 bits per heavy atom. The quantitative estimate of drug-likeness (QED) is 0.335. The van der Waals surface area contributed by atoms with Crippen LogP contribution in [0.2, 0.25) is 0 Å². The van der Waals surface area contributed by atoms with Gasteiger partial charge in [-0.05, 0) is 36.8 Å². The summed E-state index contributed by atoms with van der Waals surface area (Å²) in [5, 5.41) is 17.9. The Labute approximate surface area is 210 Å². The number of carbonyl (C=O) groups is 1. The molecule has 4 rings (SSSR count). The number of ether oxygens (including phenoxy) is 3. The summed E-state index contributed by atoms with van der Waals surface area (Å²) in [7, 11) is 3.08. The molecule has 0 aliphatic carbocycles. The van der Waals surface area contributed by atoms with Crippen molar-refractivity contribution in [1.82, 2.24) is 5.32 Å². The molecule has 2 aromatic rings. The highest BCUT2D eigenvalue weighted by molar-refractivity contribution is 7.80. The maximum atomic E-state index is 13.2. The molecular formula is C26H30N4O4S. The normalized spacial score (nSPS) is 17.4. The molecule has 2 aliphatic heterocycles. The van der Waals surface area contributed by atoms with Crippen LogP contribution in [0, 0.1) is 0 Å². The van der Waals surface area contributed by atoms with Crippen molar-refractivity contribution in [3.05, 3.63) is 76.3 Å². The highest BCUT2D eigenvalue weighted by Gasteiger charge is 2.34. The van der Waals surface area contributed by atoms with Gasteiger partial charge in [0.1, 0.15) is 4.99 Å². The minimum absolute atomic E-state index is 0.302. The van der Waals surface area contributed by atoms with Crippen LogP contribution >= 0.6 is 12.2 Å². The summed E-state index contributed by atoms with van der Waals surface area (Å²) in [5.41, 5.74) is 2.70. The highest BCUT2D eigenvalue weighted by atomic mass is 32.1. The Balaban J connectivity index is 0.000000497. The Morgan fingerprint density at radius 2 is 1.83 bits per heavy atom. The van der Waals surface area contributed by atoms with Crippen molar-refractivity contribution in [3.8, 4) is 11.5 Å². The minimum Gasteiger partial charge on any atom is -0.763 e. The number of nitrogens with one attached hydrogen (secondary N) is 2. The monoisotopic (exact) mass is 494 g/mol. The molecule has 0 radical (unpaired) electrons. The number of carbonyl (C=O) groups excluding carboxylic acids is 1. The molecule has 2 heterocycles. The van der Waals surface area contributed by atoms with Gasteiger partial charge in [-0.15, -0.1) is 0 Å². The van der Waals surface area contributed by atoms with E-state index in [0.717, 1.165) is 26.3 Å². The minimum atomic E-state index is -0.628. The van der Waals surface area contributed by atoms with Crippen LogP contribution < -0.4 is 25.4 Å². The molecule has 1 unspecified atom stereocenters. The Bertz CT molecular complexity index is 1130. The van der Waals surface area contributed by atoms with Crippen molar-refractivity contribution in [2.24, 2.45) is 0 Å². The summed E-state index contributed by atoms with van der Waals surface area (Å²) in [5.74, 6) is 2.29. The molecule has 35 heavy (non-hydrogen) atoms. The fraction of sp³-hybridized carbons (Fsp3) is 0.308. The van der Waals surface area contributed by atoms with Crippen molar-refractivity contribution in [1.29, 1.82) is 0 Å². The SMILES string of the molecule is C1COCC[NH2+]1.COc1ccc(C2C(=C=[N-])C(=S)NC(C)=C2C(=O)Nc2ccccc2)cc1OC. The van der Waals surface area contributed by atoms with Gasteiger partial charge in [0.15, 0.2) is 11.5 Å². The maximum absolute atomic E-state index is 13.2. The molecule has 9 heteroatoms. The lowest BCUT2D eigenvalue weighted by Gasteiger charge is -2.31. The molecule has 1 fully saturated rings. The van der Waals surface area contributed by atoms with E-state index in [2.05, 4.69) is 21.8 Å². The molecule has 2 aliphatic rings. The van der Waals surface area contributed by atoms with Crippen LogP contribution in [0.25, 0.3) is 5.41 Å². The first-order valence-electron chi connectivity index (χ1n) is 11.3. The third-order valence-corrected chi connectivity index (χ3v) is 5.92. The number of quaternary nitrogens is 1. The first-order valence-corrected chi connectivity index (χ1v) is 11.7. The largest absolute Gasteiger partial charge is 0.763 e. The first kappa shape index (κ1) is 26.1. The lowest BCUT2D eigenvalue weighted by molar-refractivity contribution is -0.670. The second kappa shape index (κ2) is 12.8. The molecule has 0 bridgehead atoms. The molecule has 0 saturated carbocycles. The number of para-hydroxylation sites is 1. The number of hydrogen-bond donors (Lipinski definition) is 3. The van der Waals surface area contributed by atoms with E-state index >= 15 is 0 Å². The number of hydrogen-bond acceptors (Lipinski definition) is 5. The molecule has 4 N–H and O–H groups in total. The van der Waals surface area contributed by atoms with E-state index in [-0.39, 0.29) is 5.91 Å². The van der Waals surface area contributed by atoms with Gasteiger partial charge in [0.2, 0.25) is 0 Å². The molecule has 1 saturated heterocycles. The molecule has 1 amide bonds. The molecule has 2 aromatic carbocycles. The smallest absolute Gasteiger partial charge is 0.254 e. The maximum Gasteiger partial charge on any atom is 0.254 e. The van der Waals surface area contributed by atoms with Crippen molar-refractivity contribution in [2.45, 2.75) is 12.8 Å². The Morgan fingerprint density at radius 3 is 2.37 bits per heavy atom. The zero-order valence-electron chi connectivity index (χ0n) is 20.1. The van der Waals surface area contributed by atoms with Crippen molar-refractivity contribution in [3.63, 3.8) is 0 Å². The summed E-state index contributed by atoms with van der Waals surface area (Å²) in [6.45, 7) is 5.97. The van der Waals surface area contributed by atoms with Gasteiger partial charge in [-0.25, -0.2) is 0 Å². The number of rotatable bonds is 5. The summed E-state index contributed by atoms with van der Waals surface area (Å²) >= 11 is 5.37. The number of thiocarbonyl (C=S) groups is 1. The predicted octanol–water partition coefficient (Wildman–Crippen LogP) is 2.38. The second-order valence-electron chi connectivity index (χ2n) is 7.86. The highest BCUT2D eigenvalue weighted by Crippen LogP contribution is 2.40. The van der Waals surface area contributed by atoms with E-state index < -0.39 is 5.92 Å². The number of benzene rings is 2. The zero-order valence-corrected chi connectivity index (χ0v) is 20.9. The van der Waals surface area contributed by atoms with E-state index in [1.54, 1.807) is 44.4 Å². The number of morpholine rings is 1. The Hall–Kier alpha value is -3.49. The fourth-order valence-corrected chi connectivity index (χ4v) is 4.20. The molecule has 1 atom stereocenters. The summed E-state index contributed by atoms with van der Waals surface area (Å²) in [6.07, 6.45) is 0. The van der Waals surface area contributed by atoms with E-state index in [1.165, 1.54) is 7.11 Å². The lowest BCUT2D eigenvalue weighted by atomic mass is 9.81. The number of methoxy groups -OCH3 is 2. The van der Waals surface area contributed by atoms with Crippen LogP contribution in [0.5, 0.6) is 11.5 Å². The van der Waals surface area contributed by atoms with Gasteiger partial charge in [0.25, 0.3) is 5.91 Å². The molecule has 0 spiro atoms. The summed E-state index contributed by atoms with van der Waals surface area (Å²) in [4.78, 5) is 13.5. The van der Waals surface area contributed by atoms with Crippen LogP contribution in [0.1, 0.15) is 18.4 Å². The number of anilines is 1. The molecular weight excluding hydrogens is 464 g/mol. The van der Waals surface area contributed by atoms with Crippen LogP contribution in [0.3, 0.4) is 0 Å². The number of nitrogens with two attached hydrogens (primary N) is 1. The fourth-order valence-electron chi connectivity index (χ4n) is 3.88. The molecule has 8 nitrogen and oxygen atoms in total. The van der Waals surface area contributed by atoms with Gasteiger partial charge >= 0.3 is 0 Å². The van der Waals surface area contributed by atoms with E-state index in [1.807, 2.05) is 18.2 Å². The molecule has 184 valence electrons. The van der Waals surface area contributed by atoms with Gasteiger partial charge in [0, 0.05) is 28.4 Å². The van der Waals surface area contributed by atoms with Gasteiger partial charge in [-0.3, -0.25) is 10.7 Å². The predicted molar refractivity (Wildman–Crippen MR) is 140 cm³/mol. The van der Waals surface area contributed by atoms with Crippen molar-refractivity contribution < 1.29 is 24.3 Å². The second-order valence-corrected chi connectivity index (χ2v) is 8.27. The van der Waals surface area contributed by atoms with Gasteiger partial charge in [-0.1, -0.05) is 36.5 Å². The lowest BCUT2D eigenvalue weighted by Crippen LogP contribution is -2.87. The van der Waals surface area contributed by atoms with Crippen molar-refractivity contribution >= 4 is 34.7 Å². The third-order valence-electron chi connectivity index (χ3n) is 5.60. The van der Waals surface area contributed by atoms with Gasteiger partial charge in [-0.2, -0.15) is 0 Å². The van der Waals surface area contributed by atoms with Gasteiger partial charge in [0.05, 0.1) is 40.5 Å². The van der Waals surface area contributed by atoms with Crippen LogP contribution in [-0.4, -0.2) is 57.3 Å². The number of nitrogens with zero attached hydrogens (tertiary/aromatic N) is 1. The topological polar surface area (TPSA) is 108 Å². The molecule has 0 aromatic heterocycles. The van der Waals surface area contributed by atoms with Crippen LogP contribution in [0.15, 0.2) is 65.4 Å². The van der Waals surface area contributed by atoms with E-state index in [0.29, 0.717) is 44.6 Å². The van der Waals surface area contributed by atoms with E-state index in [9.17, 15) is 10.2 Å². The number of allylic oxidation sites excluding steroid dienone is 1. The first-order chi connectivity index (χ1) is 17.0. The van der Waals surface area contributed by atoms with Crippen LogP contribution in [-0.2, 0) is 9.53 Å². The number of amides is 1. The summed E-state index contributed by atoms with van der Waals surface area (Å²) < 4.78 is 15.7. The van der Waals surface area contributed by atoms with E-state index in [4.69, 9.17) is 26.4 Å². The van der Waals surface area contributed by atoms with Crippen LogP contribution in [0.4, 0.5) is 5.69 Å². The standard InChI is InChI=1S/C22H20N3O3S.C4H9NO/c1-13-19(21(26)25-15-7-5-4-6-8-15)20(16(12-23)22(29)24-13)14-9-10-17(27-2)18(11-14)28-3;1-3-6-4-2-5-1/h4-11,20H,1-3H3,(H,24,29)(H,25,26);5H,1-4H2/q-1;/p+1. The third kappa shape index (κ3) is 6.55. The Kier molecular flexibility index (Phi) is 9.57. The summed E-state index contributed by atoms with van der Waals surface area (Å²) in [6, 6.07) is 14.5. The zero-order chi connectivity index (χ0) is 25.2. The average molecular weight is 495 g/mol.